The van der Waals surface area contributed by atoms with E-state index in [1.165, 1.54) is 32.6 Å². The highest BCUT2D eigenvalue weighted by molar-refractivity contribution is 6.99. The van der Waals surface area contributed by atoms with Crippen molar-refractivity contribution < 1.29 is 14.0 Å². The van der Waals surface area contributed by atoms with Crippen LogP contribution in [0.1, 0.15) is 48.9 Å². The lowest BCUT2D eigenvalue weighted by atomic mass is 9.98. The second-order valence-corrected chi connectivity index (χ2v) is 17.4. The molecule has 6 heteroatoms. The predicted molar refractivity (Wildman–Crippen MR) is 190 cm³/mol. The summed E-state index contributed by atoms with van der Waals surface area (Å²) in [4.78, 5) is 15.0. The number of fused-ring (bicyclic) bond motifs is 3. The first kappa shape index (κ1) is 31.3. The van der Waals surface area contributed by atoms with E-state index in [0.717, 1.165) is 11.1 Å². The number of amides is 1. The molecule has 5 nitrogen and oxygen atoms in total. The second kappa shape index (κ2) is 13.0. The van der Waals surface area contributed by atoms with Crippen LogP contribution in [0.2, 0.25) is 5.04 Å². The molecule has 5 aromatic rings. The summed E-state index contributed by atoms with van der Waals surface area (Å²) < 4.78 is 13.2. The maximum atomic E-state index is 13.4. The Labute approximate surface area is 273 Å². The molecule has 0 aliphatic heterocycles. The zero-order chi connectivity index (χ0) is 32.3. The van der Waals surface area contributed by atoms with Crippen molar-refractivity contribution in [1.29, 1.82) is 0 Å². The van der Waals surface area contributed by atoms with Crippen molar-refractivity contribution in [1.82, 2.24) is 4.90 Å². The van der Waals surface area contributed by atoms with Gasteiger partial charge in [0.15, 0.2) is 0 Å². The summed E-state index contributed by atoms with van der Waals surface area (Å²) in [5.74, 6) is 0.00698. The summed E-state index contributed by atoms with van der Waals surface area (Å²) in [7, 11) is -0.980. The van der Waals surface area contributed by atoms with Crippen LogP contribution in [0.25, 0.3) is 11.1 Å². The zero-order valence-corrected chi connectivity index (χ0v) is 28.1. The van der Waals surface area contributed by atoms with E-state index in [1.54, 1.807) is 11.9 Å². The molecule has 0 bridgehead atoms. The fourth-order valence-electron chi connectivity index (χ4n) is 6.91. The molecule has 0 saturated heterocycles. The van der Waals surface area contributed by atoms with Gasteiger partial charge in [-0.25, -0.2) is 4.79 Å². The highest BCUT2D eigenvalue weighted by Crippen LogP contribution is 2.44. The highest BCUT2D eigenvalue weighted by Gasteiger charge is 2.50. The van der Waals surface area contributed by atoms with Gasteiger partial charge in [0.25, 0.3) is 8.32 Å². The number of nitrogens with zero attached hydrogens (tertiary/aromatic N) is 1. The van der Waals surface area contributed by atoms with E-state index in [-0.39, 0.29) is 23.7 Å². The van der Waals surface area contributed by atoms with Crippen LogP contribution in [-0.2, 0) is 22.3 Å². The Hall–Kier alpha value is -4.65. The largest absolute Gasteiger partial charge is 0.448 e. The molecule has 0 unspecified atom stereocenters. The first-order valence-corrected chi connectivity index (χ1v) is 17.8. The maximum absolute atomic E-state index is 13.4. The summed E-state index contributed by atoms with van der Waals surface area (Å²) in [5, 5.41) is 2.30. The van der Waals surface area contributed by atoms with E-state index in [0.29, 0.717) is 18.8 Å². The number of anilines is 1. The molecule has 234 valence electrons. The Kier molecular flexibility index (Phi) is 8.85. The molecule has 1 aliphatic carbocycles. The lowest BCUT2D eigenvalue weighted by Gasteiger charge is -2.43. The predicted octanol–water partition coefficient (Wildman–Crippen LogP) is 7.73. The average molecular weight is 627 g/mol. The highest BCUT2D eigenvalue weighted by atomic mass is 28.4. The van der Waals surface area contributed by atoms with Gasteiger partial charge in [-0.05, 0) is 60.9 Å². The minimum Gasteiger partial charge on any atom is -0.448 e. The van der Waals surface area contributed by atoms with E-state index in [4.69, 9.17) is 14.9 Å². The second-order valence-electron chi connectivity index (χ2n) is 13.1. The number of ether oxygens (including phenoxy) is 1. The van der Waals surface area contributed by atoms with E-state index in [2.05, 4.69) is 106 Å². The minimum atomic E-state index is -2.75. The minimum absolute atomic E-state index is 0.00698. The summed E-state index contributed by atoms with van der Waals surface area (Å²) in [6.07, 6.45) is -0.372. The number of nitrogen functional groups attached to an aromatic ring is 1. The Morgan fingerprint density at radius 3 is 1.80 bits per heavy atom. The smallest absolute Gasteiger partial charge is 0.409 e. The molecule has 6 rings (SSSR count). The number of rotatable bonds is 9. The molecule has 0 heterocycles. The lowest BCUT2D eigenvalue weighted by Crippen LogP contribution is -2.66. The van der Waals surface area contributed by atoms with Gasteiger partial charge in [-0.2, -0.15) is 0 Å². The van der Waals surface area contributed by atoms with Crippen molar-refractivity contribution in [2.24, 2.45) is 0 Å². The summed E-state index contributed by atoms with van der Waals surface area (Å²) >= 11 is 0. The van der Waals surface area contributed by atoms with Crippen molar-refractivity contribution in [3.63, 3.8) is 0 Å². The maximum Gasteiger partial charge on any atom is 0.409 e. The van der Waals surface area contributed by atoms with Crippen molar-refractivity contribution in [3.05, 3.63) is 150 Å². The number of benzene rings is 5. The standard InChI is InChI=1S/C40H42N2O3Si/c1-40(2,3)46(32-15-7-5-8-16-32,33-17-9-6-10-18-33)45-27-29-23-24-31(41)25-30(29)26-42(4)39(43)44-28-38-36-21-13-11-19-34(36)35-20-12-14-22-37(35)38/h5-25,38H,26-28,41H2,1-4H3. The Bertz CT molecular complexity index is 1730. The Balaban J connectivity index is 1.22. The quantitative estimate of drug-likeness (QED) is 0.134. The van der Waals surface area contributed by atoms with Crippen molar-refractivity contribution >= 4 is 30.5 Å². The van der Waals surface area contributed by atoms with Gasteiger partial charge in [0, 0.05) is 25.2 Å². The van der Waals surface area contributed by atoms with Gasteiger partial charge >= 0.3 is 6.09 Å². The molecule has 0 spiro atoms. The molecule has 5 aromatic carbocycles. The topological polar surface area (TPSA) is 64.8 Å². The van der Waals surface area contributed by atoms with Crippen LogP contribution in [0, 0.1) is 0 Å². The van der Waals surface area contributed by atoms with Gasteiger partial charge in [0.2, 0.25) is 0 Å². The average Bonchev–Trinajstić information content (AvgIpc) is 3.38. The van der Waals surface area contributed by atoms with E-state index < -0.39 is 8.32 Å². The number of carbonyl (C=O) groups is 1. The number of hydrogen-bond donors (Lipinski definition) is 1. The Morgan fingerprint density at radius 2 is 1.26 bits per heavy atom. The number of carbonyl (C=O) groups excluding carboxylic acids is 1. The molecule has 0 aromatic heterocycles. The molecular weight excluding hydrogens is 585 g/mol. The van der Waals surface area contributed by atoms with Gasteiger partial charge in [-0.1, -0.05) is 136 Å². The SMILES string of the molecule is CN(Cc1cc(N)ccc1CO[Si](c1ccccc1)(c1ccccc1)C(C)(C)C)C(=O)OCC1c2ccccc2-c2ccccc21. The monoisotopic (exact) mass is 626 g/mol. The summed E-state index contributed by atoms with van der Waals surface area (Å²) in [6.45, 7) is 7.83. The van der Waals surface area contributed by atoms with Crippen LogP contribution < -0.4 is 16.1 Å². The molecule has 1 amide bonds. The van der Waals surface area contributed by atoms with E-state index in [1.807, 2.05) is 42.5 Å². The Morgan fingerprint density at radius 1 is 0.739 bits per heavy atom. The molecule has 46 heavy (non-hydrogen) atoms. The first-order chi connectivity index (χ1) is 22.2. The van der Waals surface area contributed by atoms with Crippen molar-refractivity contribution in [2.75, 3.05) is 19.4 Å². The fourth-order valence-corrected chi connectivity index (χ4v) is 11.4. The third kappa shape index (κ3) is 5.98. The van der Waals surface area contributed by atoms with Crippen LogP contribution in [0.3, 0.4) is 0 Å². The molecule has 0 saturated carbocycles. The van der Waals surface area contributed by atoms with Crippen molar-refractivity contribution in [2.45, 2.75) is 44.9 Å². The normalized spacial score (nSPS) is 12.8. The first-order valence-electron chi connectivity index (χ1n) is 15.9. The van der Waals surface area contributed by atoms with Crippen LogP contribution in [0.15, 0.2) is 127 Å². The summed E-state index contributed by atoms with van der Waals surface area (Å²) in [5.41, 5.74) is 13.7. The molecule has 1 aliphatic rings. The van der Waals surface area contributed by atoms with Gasteiger partial charge in [0.05, 0.1) is 6.61 Å². The van der Waals surface area contributed by atoms with Gasteiger partial charge in [-0.15, -0.1) is 0 Å². The molecule has 2 N–H and O–H groups in total. The van der Waals surface area contributed by atoms with Crippen LogP contribution in [-0.4, -0.2) is 33.0 Å². The van der Waals surface area contributed by atoms with Gasteiger partial charge < -0.3 is 19.8 Å². The van der Waals surface area contributed by atoms with E-state index >= 15 is 0 Å². The van der Waals surface area contributed by atoms with Crippen LogP contribution in [0.5, 0.6) is 0 Å². The molecular formula is C40H42N2O3Si. The molecule has 0 radical (unpaired) electrons. The molecule has 0 fully saturated rings. The summed E-state index contributed by atoms with van der Waals surface area (Å²) in [6, 6.07) is 43.8. The fraction of sp³-hybridized carbons (Fsp3) is 0.225. The third-order valence-corrected chi connectivity index (χ3v) is 14.1. The third-order valence-electron chi connectivity index (χ3n) is 9.15. The number of nitrogens with two attached hydrogens (primary N) is 1. The molecule has 0 atom stereocenters. The van der Waals surface area contributed by atoms with Crippen LogP contribution in [0.4, 0.5) is 10.5 Å². The van der Waals surface area contributed by atoms with Crippen molar-refractivity contribution in [3.8, 4) is 11.1 Å². The zero-order valence-electron chi connectivity index (χ0n) is 27.1. The van der Waals surface area contributed by atoms with Gasteiger partial charge in [-0.3, -0.25) is 0 Å². The number of hydrogen-bond acceptors (Lipinski definition) is 4. The van der Waals surface area contributed by atoms with Gasteiger partial charge in [0.1, 0.15) is 6.61 Å². The van der Waals surface area contributed by atoms with Crippen LogP contribution >= 0.6 is 0 Å². The van der Waals surface area contributed by atoms with E-state index in [9.17, 15) is 4.79 Å². The lowest BCUT2D eigenvalue weighted by molar-refractivity contribution is 0.106.